The lowest BCUT2D eigenvalue weighted by Crippen LogP contribution is -2.04. The number of nitrogens with zero attached hydrogens (tertiary/aromatic N) is 3. The van der Waals surface area contributed by atoms with Gasteiger partial charge in [0.2, 0.25) is 5.95 Å². The third kappa shape index (κ3) is 2.97. The maximum absolute atomic E-state index is 12.9. The molecule has 0 aliphatic heterocycles. The molecule has 4 aromatic rings. The number of nitrogens with one attached hydrogen (secondary N) is 2. The number of esters is 1. The van der Waals surface area contributed by atoms with E-state index in [2.05, 4.69) is 20.4 Å². The molecule has 132 valence electrons. The number of benzene rings is 2. The van der Waals surface area contributed by atoms with Crippen LogP contribution in [0.3, 0.4) is 0 Å². The highest BCUT2D eigenvalue weighted by Crippen LogP contribution is 2.19. The van der Waals surface area contributed by atoms with Gasteiger partial charge in [0.05, 0.1) is 23.2 Å². The van der Waals surface area contributed by atoms with Crippen molar-refractivity contribution in [1.29, 1.82) is 0 Å². The van der Waals surface area contributed by atoms with Crippen LogP contribution in [0.4, 0.5) is 10.3 Å². The highest BCUT2D eigenvalue weighted by molar-refractivity contribution is 5.94. The summed E-state index contributed by atoms with van der Waals surface area (Å²) in [6, 6.07) is 11.4. The average Bonchev–Trinajstić information content (AvgIpc) is 3.18. The molecule has 0 radical (unpaired) electrons. The Balaban J connectivity index is 1.57. The summed E-state index contributed by atoms with van der Waals surface area (Å²) < 4.78 is 19.7. The first-order chi connectivity index (χ1) is 12.6. The van der Waals surface area contributed by atoms with Gasteiger partial charge in [0.15, 0.2) is 0 Å². The molecule has 0 saturated carbocycles. The number of hydrogen-bond acceptors (Lipinski definition) is 5. The van der Waals surface area contributed by atoms with Gasteiger partial charge in [0, 0.05) is 6.54 Å². The molecule has 0 unspecified atom stereocenters. The second-order valence-corrected chi connectivity index (χ2v) is 5.72. The number of fused-ring (bicyclic) bond motifs is 3. The number of rotatable bonds is 5. The molecule has 0 fully saturated rings. The van der Waals surface area contributed by atoms with E-state index in [1.165, 1.54) is 12.1 Å². The van der Waals surface area contributed by atoms with Crippen molar-refractivity contribution in [3.8, 4) is 0 Å². The zero-order chi connectivity index (χ0) is 18.1. The fourth-order valence-corrected chi connectivity index (χ4v) is 2.69. The molecular weight excluding hydrogens is 337 g/mol. The van der Waals surface area contributed by atoms with Crippen LogP contribution in [0, 0.1) is 5.82 Å². The van der Waals surface area contributed by atoms with Crippen molar-refractivity contribution >= 4 is 28.7 Å². The first-order valence-electron chi connectivity index (χ1n) is 8.17. The topological polar surface area (TPSA) is 84.3 Å². The second kappa shape index (κ2) is 6.47. The predicted octanol–water partition coefficient (Wildman–Crippen LogP) is 3.14. The molecule has 0 saturated heterocycles. The summed E-state index contributed by atoms with van der Waals surface area (Å²) in [5, 5.41) is 6.26. The molecule has 0 bridgehead atoms. The Morgan fingerprint density at radius 1 is 1.23 bits per heavy atom. The number of carbonyl (C=O) groups is 1. The Hall–Kier alpha value is -3.42. The average molecular weight is 353 g/mol. The van der Waals surface area contributed by atoms with Crippen LogP contribution in [0.1, 0.15) is 22.8 Å². The Morgan fingerprint density at radius 3 is 2.81 bits per heavy atom. The number of imidazole rings is 1. The SMILES string of the molecule is CCOC(=O)c1ccc2c(c1)nc1nc(NCc3ccc(F)cc3)[nH]n12. The maximum atomic E-state index is 12.9. The summed E-state index contributed by atoms with van der Waals surface area (Å²) >= 11 is 0. The third-order valence-electron chi connectivity index (χ3n) is 3.95. The summed E-state index contributed by atoms with van der Waals surface area (Å²) in [5.41, 5.74) is 2.84. The first-order valence-corrected chi connectivity index (χ1v) is 8.17. The van der Waals surface area contributed by atoms with Gasteiger partial charge < -0.3 is 10.1 Å². The van der Waals surface area contributed by atoms with Crippen LogP contribution < -0.4 is 5.32 Å². The van der Waals surface area contributed by atoms with E-state index in [0.717, 1.165) is 11.1 Å². The molecule has 2 heterocycles. The van der Waals surface area contributed by atoms with Gasteiger partial charge in [-0.25, -0.2) is 18.7 Å². The Kier molecular flexibility index (Phi) is 4.00. The predicted molar refractivity (Wildman–Crippen MR) is 94.5 cm³/mol. The van der Waals surface area contributed by atoms with Crippen molar-refractivity contribution < 1.29 is 13.9 Å². The fraction of sp³-hybridized carbons (Fsp3) is 0.167. The molecule has 4 rings (SSSR count). The third-order valence-corrected chi connectivity index (χ3v) is 3.95. The van der Waals surface area contributed by atoms with E-state index in [0.29, 0.717) is 36.0 Å². The van der Waals surface area contributed by atoms with Gasteiger partial charge in [-0.2, -0.15) is 4.98 Å². The number of carbonyl (C=O) groups excluding carboxylic acids is 1. The van der Waals surface area contributed by atoms with Crippen molar-refractivity contribution in [2.45, 2.75) is 13.5 Å². The first kappa shape index (κ1) is 16.1. The second-order valence-electron chi connectivity index (χ2n) is 5.72. The molecular formula is C18H16FN5O2. The fourth-order valence-electron chi connectivity index (χ4n) is 2.69. The molecule has 2 aromatic heterocycles. The summed E-state index contributed by atoms with van der Waals surface area (Å²) in [6.45, 7) is 2.59. The van der Waals surface area contributed by atoms with E-state index in [1.807, 2.05) is 0 Å². The zero-order valence-electron chi connectivity index (χ0n) is 14.0. The number of H-pyrrole nitrogens is 1. The largest absolute Gasteiger partial charge is 0.462 e. The van der Waals surface area contributed by atoms with Gasteiger partial charge in [-0.15, -0.1) is 0 Å². The summed E-state index contributed by atoms with van der Waals surface area (Å²) in [4.78, 5) is 20.6. The number of aromatic amines is 1. The Morgan fingerprint density at radius 2 is 2.04 bits per heavy atom. The van der Waals surface area contributed by atoms with Crippen LogP contribution in [0.5, 0.6) is 0 Å². The molecule has 0 aliphatic carbocycles. The van der Waals surface area contributed by atoms with Gasteiger partial charge in [0.25, 0.3) is 5.78 Å². The lowest BCUT2D eigenvalue weighted by atomic mass is 10.2. The number of halogens is 1. The van der Waals surface area contributed by atoms with E-state index in [1.54, 1.807) is 41.8 Å². The lowest BCUT2D eigenvalue weighted by molar-refractivity contribution is 0.0526. The Bertz CT molecular complexity index is 1080. The van der Waals surface area contributed by atoms with Gasteiger partial charge in [0.1, 0.15) is 5.82 Å². The quantitative estimate of drug-likeness (QED) is 0.539. The van der Waals surface area contributed by atoms with Crippen LogP contribution in [-0.2, 0) is 11.3 Å². The van der Waals surface area contributed by atoms with Crippen LogP contribution in [0.2, 0.25) is 0 Å². The number of aromatic nitrogens is 4. The number of anilines is 1. The van der Waals surface area contributed by atoms with Gasteiger partial charge in [-0.05, 0) is 42.8 Å². The van der Waals surface area contributed by atoms with Gasteiger partial charge in [-0.1, -0.05) is 12.1 Å². The smallest absolute Gasteiger partial charge is 0.338 e. The van der Waals surface area contributed by atoms with E-state index >= 15 is 0 Å². The molecule has 0 amide bonds. The summed E-state index contributed by atoms with van der Waals surface area (Å²) in [6.07, 6.45) is 0. The zero-order valence-corrected chi connectivity index (χ0v) is 14.0. The van der Waals surface area contributed by atoms with Crippen LogP contribution in [0.25, 0.3) is 16.8 Å². The summed E-state index contributed by atoms with van der Waals surface area (Å²) in [7, 11) is 0. The molecule has 0 aliphatic rings. The normalized spacial score (nSPS) is 11.2. The van der Waals surface area contributed by atoms with Crippen molar-refractivity contribution in [1.82, 2.24) is 19.6 Å². The van der Waals surface area contributed by atoms with E-state index in [4.69, 9.17) is 4.74 Å². The Labute approximate surface area is 147 Å². The molecule has 2 aromatic carbocycles. The van der Waals surface area contributed by atoms with Crippen LogP contribution >= 0.6 is 0 Å². The molecule has 0 atom stereocenters. The van der Waals surface area contributed by atoms with Gasteiger partial charge >= 0.3 is 5.97 Å². The van der Waals surface area contributed by atoms with Gasteiger partial charge in [-0.3, -0.25) is 5.10 Å². The maximum Gasteiger partial charge on any atom is 0.338 e. The van der Waals surface area contributed by atoms with Crippen molar-refractivity contribution in [3.05, 3.63) is 59.4 Å². The minimum Gasteiger partial charge on any atom is -0.462 e. The van der Waals surface area contributed by atoms with E-state index in [9.17, 15) is 9.18 Å². The van der Waals surface area contributed by atoms with Crippen molar-refractivity contribution in [2.75, 3.05) is 11.9 Å². The monoisotopic (exact) mass is 353 g/mol. The number of ether oxygens (including phenoxy) is 1. The molecule has 0 spiro atoms. The van der Waals surface area contributed by atoms with Crippen molar-refractivity contribution in [3.63, 3.8) is 0 Å². The van der Waals surface area contributed by atoms with Crippen molar-refractivity contribution in [2.24, 2.45) is 0 Å². The molecule has 8 heteroatoms. The highest BCUT2D eigenvalue weighted by atomic mass is 19.1. The highest BCUT2D eigenvalue weighted by Gasteiger charge is 2.13. The van der Waals surface area contributed by atoms with E-state index in [-0.39, 0.29) is 11.8 Å². The van der Waals surface area contributed by atoms with Crippen LogP contribution in [-0.4, -0.2) is 32.2 Å². The summed E-state index contributed by atoms with van der Waals surface area (Å²) in [5.74, 6) is 0.398. The number of hydrogen-bond donors (Lipinski definition) is 2. The van der Waals surface area contributed by atoms with E-state index < -0.39 is 0 Å². The standard InChI is InChI=1S/C18H16FN5O2/c1-2-26-16(25)12-5-8-15-14(9-12)21-18-22-17(23-24(15)18)20-10-11-3-6-13(19)7-4-11/h3-9H,2,10H2,1H3,(H2,20,21,22,23). The van der Waals surface area contributed by atoms with Crippen LogP contribution in [0.15, 0.2) is 42.5 Å². The molecule has 2 N–H and O–H groups in total. The molecule has 7 nitrogen and oxygen atoms in total. The lowest BCUT2D eigenvalue weighted by Gasteiger charge is -2.03. The minimum absolute atomic E-state index is 0.265. The molecule has 26 heavy (non-hydrogen) atoms. The minimum atomic E-state index is -0.374.